The molecule has 0 radical (unpaired) electrons. The van der Waals surface area contributed by atoms with Crippen molar-refractivity contribution in [1.82, 2.24) is 15.5 Å². The highest BCUT2D eigenvalue weighted by Crippen LogP contribution is 2.28. The molecule has 0 aliphatic rings. The molecule has 1 N–H and O–H groups in total. The van der Waals surface area contributed by atoms with Gasteiger partial charge in [0.2, 0.25) is 6.39 Å². The van der Waals surface area contributed by atoms with Crippen molar-refractivity contribution in [3.8, 4) is 5.75 Å². The number of nitrogens with zero attached hydrogens (tertiary/aromatic N) is 2. The van der Waals surface area contributed by atoms with Gasteiger partial charge >= 0.3 is 0 Å². The Kier molecular flexibility index (Phi) is 4.12. The molecule has 0 saturated heterocycles. The zero-order chi connectivity index (χ0) is 14.5. The lowest BCUT2D eigenvalue weighted by Crippen LogP contribution is -2.17. The number of benzene rings is 2. The van der Waals surface area contributed by atoms with Gasteiger partial charge in [0.05, 0.1) is 7.11 Å². The zero-order valence-electron chi connectivity index (χ0n) is 11.9. The van der Waals surface area contributed by atoms with Gasteiger partial charge in [0.15, 0.2) is 5.82 Å². The molecule has 0 atom stereocenters. The lowest BCUT2D eigenvalue weighted by molar-refractivity contribution is 0.409. The molecule has 0 fully saturated rings. The highest BCUT2D eigenvalue weighted by atomic mass is 16.5. The van der Waals surface area contributed by atoms with Crippen LogP contribution in [0.25, 0.3) is 10.8 Å². The van der Waals surface area contributed by atoms with Crippen LogP contribution >= 0.6 is 0 Å². The van der Waals surface area contributed by atoms with Crippen LogP contribution in [0.5, 0.6) is 5.75 Å². The molecule has 1 heterocycles. The Bertz CT molecular complexity index is 711. The first-order valence-corrected chi connectivity index (χ1v) is 6.89. The van der Waals surface area contributed by atoms with E-state index in [-0.39, 0.29) is 0 Å². The van der Waals surface area contributed by atoms with Gasteiger partial charge in [-0.3, -0.25) is 0 Å². The lowest BCUT2D eigenvalue weighted by Gasteiger charge is -2.11. The lowest BCUT2D eigenvalue weighted by atomic mass is 10.0. The Hall–Kier alpha value is -2.40. The molecule has 21 heavy (non-hydrogen) atoms. The first kappa shape index (κ1) is 13.6. The normalized spacial score (nSPS) is 10.9. The van der Waals surface area contributed by atoms with Crippen molar-refractivity contribution in [2.24, 2.45) is 0 Å². The van der Waals surface area contributed by atoms with Crippen molar-refractivity contribution in [2.75, 3.05) is 13.7 Å². The van der Waals surface area contributed by atoms with E-state index in [9.17, 15) is 0 Å². The molecule has 2 aromatic carbocycles. The van der Waals surface area contributed by atoms with Crippen LogP contribution in [0.1, 0.15) is 11.4 Å². The average Bonchev–Trinajstić information content (AvgIpc) is 3.05. The molecule has 0 amide bonds. The Balaban J connectivity index is 1.69. The molecule has 0 bridgehead atoms. The Labute approximate surface area is 122 Å². The second-order valence-electron chi connectivity index (χ2n) is 4.75. The summed E-state index contributed by atoms with van der Waals surface area (Å²) in [5.41, 5.74) is 1.25. The van der Waals surface area contributed by atoms with Crippen molar-refractivity contribution in [3.63, 3.8) is 0 Å². The minimum absolute atomic E-state index is 0.724. The number of fused-ring (bicyclic) bond motifs is 1. The summed E-state index contributed by atoms with van der Waals surface area (Å²) in [6.45, 7) is 1.60. The van der Waals surface area contributed by atoms with Crippen LogP contribution in [-0.2, 0) is 13.0 Å². The van der Waals surface area contributed by atoms with E-state index in [0.717, 1.165) is 36.5 Å². The van der Waals surface area contributed by atoms with Crippen LogP contribution in [0.15, 0.2) is 47.3 Å². The van der Waals surface area contributed by atoms with E-state index < -0.39 is 0 Å². The first-order chi connectivity index (χ1) is 10.4. The summed E-state index contributed by atoms with van der Waals surface area (Å²) in [5, 5.41) is 9.55. The van der Waals surface area contributed by atoms with Gasteiger partial charge in [-0.25, -0.2) is 0 Å². The third-order valence-electron chi connectivity index (χ3n) is 3.44. The Morgan fingerprint density at radius 1 is 1.14 bits per heavy atom. The second-order valence-corrected chi connectivity index (χ2v) is 4.75. The second kappa shape index (κ2) is 6.37. The first-order valence-electron chi connectivity index (χ1n) is 6.89. The molecule has 108 valence electrons. The fourth-order valence-electron chi connectivity index (χ4n) is 2.39. The van der Waals surface area contributed by atoms with E-state index in [1.807, 2.05) is 18.2 Å². The molecule has 0 saturated carbocycles. The average molecular weight is 283 g/mol. The van der Waals surface area contributed by atoms with Crippen LogP contribution < -0.4 is 10.1 Å². The number of hydrogen-bond donors (Lipinski definition) is 1. The van der Waals surface area contributed by atoms with E-state index >= 15 is 0 Å². The SMILES string of the molecule is COc1ccc(CNCCc2ncon2)c2ccccc12. The largest absolute Gasteiger partial charge is 0.496 e. The molecule has 0 spiro atoms. The van der Waals surface area contributed by atoms with Gasteiger partial charge in [-0.1, -0.05) is 35.5 Å². The van der Waals surface area contributed by atoms with Gasteiger partial charge in [0.1, 0.15) is 5.75 Å². The molecule has 0 unspecified atom stereocenters. The molecule has 5 nitrogen and oxygen atoms in total. The maximum atomic E-state index is 5.41. The quantitative estimate of drug-likeness (QED) is 0.704. The number of rotatable bonds is 6. The Morgan fingerprint density at radius 2 is 2.00 bits per heavy atom. The maximum absolute atomic E-state index is 5.41. The highest BCUT2D eigenvalue weighted by molar-refractivity contribution is 5.91. The number of methoxy groups -OCH3 is 1. The minimum Gasteiger partial charge on any atom is -0.496 e. The van der Waals surface area contributed by atoms with Gasteiger partial charge in [0, 0.05) is 24.9 Å². The fraction of sp³-hybridized carbons (Fsp3) is 0.250. The smallest absolute Gasteiger partial charge is 0.213 e. The number of nitrogens with one attached hydrogen (secondary N) is 1. The molecule has 1 aromatic heterocycles. The summed E-state index contributed by atoms with van der Waals surface area (Å²) in [5.74, 6) is 1.63. The van der Waals surface area contributed by atoms with Gasteiger partial charge in [-0.15, -0.1) is 0 Å². The predicted molar refractivity (Wildman–Crippen MR) is 80.2 cm³/mol. The van der Waals surface area contributed by atoms with Gasteiger partial charge in [-0.2, -0.15) is 4.98 Å². The minimum atomic E-state index is 0.724. The van der Waals surface area contributed by atoms with Crippen LogP contribution in [0.4, 0.5) is 0 Å². The van der Waals surface area contributed by atoms with E-state index in [2.05, 4.69) is 33.7 Å². The predicted octanol–water partition coefficient (Wildman–Crippen LogP) is 2.56. The van der Waals surface area contributed by atoms with E-state index in [1.54, 1.807) is 7.11 Å². The number of hydrogen-bond acceptors (Lipinski definition) is 5. The van der Waals surface area contributed by atoms with Crippen LogP contribution in [0, 0.1) is 0 Å². The van der Waals surface area contributed by atoms with Gasteiger partial charge in [-0.05, 0) is 17.0 Å². The molecular weight excluding hydrogens is 266 g/mol. The van der Waals surface area contributed by atoms with Crippen LogP contribution in [0.2, 0.25) is 0 Å². The third kappa shape index (κ3) is 3.03. The molecule has 3 rings (SSSR count). The summed E-state index contributed by atoms with van der Waals surface area (Å²) in [6, 6.07) is 12.4. The maximum Gasteiger partial charge on any atom is 0.213 e. The number of aromatic nitrogens is 2. The summed E-state index contributed by atoms with van der Waals surface area (Å²) in [4.78, 5) is 4.00. The summed E-state index contributed by atoms with van der Waals surface area (Å²) < 4.78 is 10.1. The summed E-state index contributed by atoms with van der Waals surface area (Å²) >= 11 is 0. The Morgan fingerprint density at radius 3 is 2.76 bits per heavy atom. The van der Waals surface area contributed by atoms with E-state index in [0.29, 0.717) is 0 Å². The molecule has 5 heteroatoms. The van der Waals surface area contributed by atoms with Gasteiger partial charge < -0.3 is 14.6 Å². The molecule has 0 aliphatic heterocycles. The summed E-state index contributed by atoms with van der Waals surface area (Å²) in [6.07, 6.45) is 2.11. The monoisotopic (exact) mass is 283 g/mol. The summed E-state index contributed by atoms with van der Waals surface area (Å²) in [7, 11) is 1.70. The molecule has 3 aromatic rings. The van der Waals surface area contributed by atoms with Gasteiger partial charge in [0.25, 0.3) is 0 Å². The number of ether oxygens (including phenoxy) is 1. The van der Waals surface area contributed by atoms with Crippen LogP contribution in [0.3, 0.4) is 0 Å². The van der Waals surface area contributed by atoms with Crippen molar-refractivity contribution < 1.29 is 9.26 Å². The zero-order valence-corrected chi connectivity index (χ0v) is 11.9. The topological polar surface area (TPSA) is 60.2 Å². The van der Waals surface area contributed by atoms with E-state index in [4.69, 9.17) is 9.26 Å². The van der Waals surface area contributed by atoms with Crippen molar-refractivity contribution in [1.29, 1.82) is 0 Å². The van der Waals surface area contributed by atoms with Crippen molar-refractivity contribution in [2.45, 2.75) is 13.0 Å². The van der Waals surface area contributed by atoms with Crippen molar-refractivity contribution >= 4 is 10.8 Å². The van der Waals surface area contributed by atoms with Crippen molar-refractivity contribution in [3.05, 3.63) is 54.2 Å². The van der Waals surface area contributed by atoms with E-state index in [1.165, 1.54) is 17.3 Å². The molecular formula is C16H17N3O2. The fourth-order valence-corrected chi connectivity index (χ4v) is 2.39. The standard InChI is InChI=1S/C16H17N3O2/c1-20-15-7-6-12(13-4-2-3-5-14(13)15)10-17-9-8-16-18-11-21-19-16/h2-7,11,17H,8-10H2,1H3. The van der Waals surface area contributed by atoms with Crippen LogP contribution in [-0.4, -0.2) is 23.8 Å². The highest BCUT2D eigenvalue weighted by Gasteiger charge is 2.05. The molecule has 0 aliphatic carbocycles. The third-order valence-corrected chi connectivity index (χ3v) is 3.44.